The molecule has 0 aliphatic carbocycles. The lowest BCUT2D eigenvalue weighted by Crippen LogP contribution is -2.47. The highest BCUT2D eigenvalue weighted by Crippen LogP contribution is 2.38. The minimum Gasteiger partial charge on any atom is -0.319 e. The van der Waals surface area contributed by atoms with Gasteiger partial charge in [-0.1, -0.05) is 6.07 Å². The fourth-order valence-electron chi connectivity index (χ4n) is 2.66. The zero-order chi connectivity index (χ0) is 13.8. The van der Waals surface area contributed by atoms with Gasteiger partial charge in [0.1, 0.15) is 5.54 Å². The van der Waals surface area contributed by atoms with Crippen molar-refractivity contribution >= 4 is 22.7 Å². The monoisotopic (exact) mass is 278 g/mol. The average molecular weight is 278 g/mol. The van der Waals surface area contributed by atoms with Gasteiger partial charge >= 0.3 is 6.03 Å². The number of hydrogen-bond donors (Lipinski definition) is 2. The average Bonchev–Trinajstić information content (AvgIpc) is 2.63. The number of rotatable bonds is 0. The Balaban J connectivity index is 2.26. The number of carbonyl (C=O) groups is 2. The van der Waals surface area contributed by atoms with E-state index >= 15 is 0 Å². The topological polar surface area (TPSA) is 75.3 Å². The molecule has 6 heteroatoms. The summed E-state index contributed by atoms with van der Waals surface area (Å²) in [4.78, 5) is 24.2. The van der Waals surface area contributed by atoms with Crippen molar-refractivity contribution in [3.8, 4) is 0 Å². The first kappa shape index (κ1) is 12.3. The van der Waals surface area contributed by atoms with Crippen LogP contribution in [0.2, 0.25) is 0 Å². The number of amides is 3. The van der Waals surface area contributed by atoms with Gasteiger partial charge < -0.3 is 5.32 Å². The highest BCUT2D eigenvalue weighted by atomic mass is 32.2. The standard InChI is InChI=1S/C13H14N2O3S/c1-7-5-9-10(6-8(7)2)19(18)4-3-13(9)11(16)14-12(17)15-13/h5-6H,3-4H2,1-2H3,(H2,14,15,16,17). The first-order valence-corrected chi connectivity index (χ1v) is 7.39. The zero-order valence-corrected chi connectivity index (χ0v) is 11.5. The Hall–Kier alpha value is -1.69. The summed E-state index contributed by atoms with van der Waals surface area (Å²) in [5.74, 6) is 0.0298. The summed E-state index contributed by atoms with van der Waals surface area (Å²) in [6, 6.07) is 3.24. The number of benzene rings is 1. The van der Waals surface area contributed by atoms with Gasteiger partial charge in [0.05, 0.1) is 10.8 Å². The van der Waals surface area contributed by atoms with Gasteiger partial charge in [0, 0.05) is 16.2 Å². The molecule has 3 amide bonds. The molecule has 2 N–H and O–H groups in total. The van der Waals surface area contributed by atoms with E-state index in [1.165, 1.54) is 0 Å². The summed E-state index contributed by atoms with van der Waals surface area (Å²) < 4.78 is 12.1. The molecule has 5 nitrogen and oxygen atoms in total. The largest absolute Gasteiger partial charge is 0.322 e. The van der Waals surface area contributed by atoms with E-state index in [0.717, 1.165) is 11.1 Å². The fourth-order valence-corrected chi connectivity index (χ4v) is 4.16. The second-order valence-electron chi connectivity index (χ2n) is 5.05. The maximum Gasteiger partial charge on any atom is 0.322 e. The van der Waals surface area contributed by atoms with Crippen LogP contribution in [-0.2, 0) is 21.1 Å². The summed E-state index contributed by atoms with van der Waals surface area (Å²) in [5, 5.41) is 4.99. The second kappa shape index (κ2) is 3.90. The number of fused-ring (bicyclic) bond motifs is 2. The van der Waals surface area contributed by atoms with Crippen LogP contribution in [0.5, 0.6) is 0 Å². The Labute approximate surface area is 113 Å². The molecule has 0 radical (unpaired) electrons. The van der Waals surface area contributed by atoms with E-state index in [4.69, 9.17) is 0 Å². The molecule has 19 heavy (non-hydrogen) atoms. The minimum absolute atomic E-state index is 0.348. The van der Waals surface area contributed by atoms with Crippen molar-refractivity contribution in [2.24, 2.45) is 0 Å². The van der Waals surface area contributed by atoms with Gasteiger partial charge in [0.15, 0.2) is 0 Å². The Kier molecular flexibility index (Phi) is 2.53. The first-order chi connectivity index (χ1) is 8.94. The zero-order valence-electron chi connectivity index (χ0n) is 10.7. The third-order valence-corrected chi connectivity index (χ3v) is 5.31. The lowest BCUT2D eigenvalue weighted by atomic mass is 9.85. The number of imide groups is 1. The van der Waals surface area contributed by atoms with Crippen LogP contribution in [0.15, 0.2) is 17.0 Å². The lowest BCUT2D eigenvalue weighted by molar-refractivity contribution is -0.124. The van der Waals surface area contributed by atoms with Crippen LogP contribution in [0.1, 0.15) is 23.1 Å². The van der Waals surface area contributed by atoms with Crippen LogP contribution in [0.25, 0.3) is 0 Å². The van der Waals surface area contributed by atoms with Crippen LogP contribution >= 0.6 is 0 Å². The molecule has 100 valence electrons. The Bertz CT molecular complexity index is 641. The van der Waals surface area contributed by atoms with Gasteiger partial charge in [-0.25, -0.2) is 4.79 Å². The van der Waals surface area contributed by atoms with E-state index in [1.807, 2.05) is 26.0 Å². The van der Waals surface area contributed by atoms with Gasteiger partial charge in [-0.15, -0.1) is 0 Å². The van der Waals surface area contributed by atoms with Crippen molar-refractivity contribution in [2.75, 3.05) is 5.75 Å². The summed E-state index contributed by atoms with van der Waals surface area (Å²) in [6.45, 7) is 3.89. The number of nitrogens with one attached hydrogen (secondary N) is 2. The van der Waals surface area contributed by atoms with Crippen LogP contribution in [0, 0.1) is 13.8 Å². The Morgan fingerprint density at radius 3 is 2.53 bits per heavy atom. The molecule has 2 unspecified atom stereocenters. The molecule has 1 aromatic rings. The number of carbonyl (C=O) groups excluding carboxylic acids is 2. The molecule has 3 rings (SSSR count). The van der Waals surface area contributed by atoms with Crippen molar-refractivity contribution in [1.29, 1.82) is 0 Å². The number of urea groups is 1. The molecular weight excluding hydrogens is 264 g/mol. The fraction of sp³-hybridized carbons (Fsp3) is 0.385. The van der Waals surface area contributed by atoms with Gasteiger partial charge in [-0.2, -0.15) is 0 Å². The second-order valence-corrected chi connectivity index (χ2v) is 6.58. The molecule has 1 fully saturated rings. The van der Waals surface area contributed by atoms with E-state index in [-0.39, 0.29) is 5.91 Å². The van der Waals surface area contributed by atoms with Gasteiger partial charge in [0.2, 0.25) is 0 Å². The predicted octanol–water partition coefficient (Wildman–Crippen LogP) is 0.849. The summed E-state index contributed by atoms with van der Waals surface area (Å²) in [7, 11) is -1.11. The maximum absolute atomic E-state index is 12.1. The van der Waals surface area contributed by atoms with Crippen LogP contribution < -0.4 is 10.6 Å². The molecule has 2 aliphatic rings. The highest BCUT2D eigenvalue weighted by molar-refractivity contribution is 7.85. The molecule has 2 heterocycles. The Morgan fingerprint density at radius 1 is 1.21 bits per heavy atom. The summed E-state index contributed by atoms with van der Waals surface area (Å²) in [6.07, 6.45) is 0.368. The van der Waals surface area contributed by atoms with Crippen LogP contribution in [0.3, 0.4) is 0 Å². The van der Waals surface area contributed by atoms with Crippen LogP contribution in [-0.4, -0.2) is 21.9 Å². The van der Waals surface area contributed by atoms with Crippen molar-refractivity contribution in [1.82, 2.24) is 10.6 Å². The van der Waals surface area contributed by atoms with E-state index in [9.17, 15) is 13.8 Å². The van der Waals surface area contributed by atoms with Crippen molar-refractivity contribution in [3.05, 3.63) is 28.8 Å². The Morgan fingerprint density at radius 2 is 1.89 bits per heavy atom. The quantitative estimate of drug-likeness (QED) is 0.691. The summed E-state index contributed by atoms with van der Waals surface area (Å²) in [5.41, 5.74) is 1.68. The molecule has 1 spiro atoms. The third-order valence-electron chi connectivity index (χ3n) is 3.91. The molecule has 2 atom stereocenters. The molecule has 0 saturated carbocycles. The predicted molar refractivity (Wildman–Crippen MR) is 70.2 cm³/mol. The van der Waals surface area contributed by atoms with Crippen molar-refractivity contribution < 1.29 is 13.8 Å². The normalized spacial score (nSPS) is 29.1. The minimum atomic E-state index is -1.11. The molecule has 1 saturated heterocycles. The molecule has 0 bridgehead atoms. The highest BCUT2D eigenvalue weighted by Gasteiger charge is 2.51. The van der Waals surface area contributed by atoms with E-state index in [2.05, 4.69) is 10.6 Å². The molecular formula is C13H14N2O3S. The van der Waals surface area contributed by atoms with Crippen molar-refractivity contribution in [2.45, 2.75) is 30.7 Å². The smallest absolute Gasteiger partial charge is 0.319 e. The molecule has 0 aromatic heterocycles. The van der Waals surface area contributed by atoms with E-state index in [0.29, 0.717) is 22.6 Å². The number of hydrogen-bond acceptors (Lipinski definition) is 3. The maximum atomic E-state index is 12.1. The third kappa shape index (κ3) is 1.63. The van der Waals surface area contributed by atoms with E-state index in [1.54, 1.807) is 0 Å². The molecule has 1 aromatic carbocycles. The SMILES string of the molecule is Cc1cc2c(cc1C)C1(CCS2=O)NC(=O)NC1=O. The molecule has 2 aliphatic heterocycles. The van der Waals surface area contributed by atoms with E-state index < -0.39 is 22.4 Å². The number of aryl methyl sites for hydroxylation is 2. The van der Waals surface area contributed by atoms with Gasteiger partial charge in [-0.3, -0.25) is 14.3 Å². The van der Waals surface area contributed by atoms with Crippen molar-refractivity contribution in [3.63, 3.8) is 0 Å². The lowest BCUT2D eigenvalue weighted by Gasteiger charge is -2.33. The van der Waals surface area contributed by atoms with Gasteiger partial charge in [-0.05, 0) is 37.5 Å². The first-order valence-electron chi connectivity index (χ1n) is 6.08. The van der Waals surface area contributed by atoms with Gasteiger partial charge in [0.25, 0.3) is 5.91 Å². The summed E-state index contributed by atoms with van der Waals surface area (Å²) >= 11 is 0. The van der Waals surface area contributed by atoms with Crippen LogP contribution in [0.4, 0.5) is 4.79 Å².